The maximum absolute atomic E-state index is 9.25. The van der Waals surface area contributed by atoms with Gasteiger partial charge >= 0.3 is 0 Å². The van der Waals surface area contributed by atoms with Crippen LogP contribution in [-0.2, 0) is 0 Å². The molecule has 50 valence electrons. The second-order valence-corrected chi connectivity index (χ2v) is 2.41. The summed E-state index contributed by atoms with van der Waals surface area (Å²) < 4.78 is 0. The molecule has 0 fully saturated rings. The van der Waals surface area contributed by atoms with Crippen LogP contribution in [0.2, 0.25) is 0 Å². The van der Waals surface area contributed by atoms with E-state index < -0.39 is 0 Å². The highest BCUT2D eigenvalue weighted by atomic mass is 16.3. The Morgan fingerprint density at radius 2 is 2.11 bits per heavy atom. The minimum absolute atomic E-state index is 0.188. The Morgan fingerprint density at radius 1 is 1.44 bits per heavy atom. The SMILES string of the molecule is C=CC1CC=CCC1O. The van der Waals surface area contributed by atoms with Gasteiger partial charge in [0.1, 0.15) is 0 Å². The largest absolute Gasteiger partial charge is 0.392 e. The predicted octanol–water partition coefficient (Wildman–Crippen LogP) is 1.50. The summed E-state index contributed by atoms with van der Waals surface area (Å²) >= 11 is 0. The average Bonchev–Trinajstić information content (AvgIpc) is 1.89. The third-order valence-corrected chi connectivity index (χ3v) is 1.75. The van der Waals surface area contributed by atoms with Crippen LogP contribution >= 0.6 is 0 Å². The molecule has 0 aliphatic heterocycles. The van der Waals surface area contributed by atoms with Crippen LogP contribution < -0.4 is 0 Å². The van der Waals surface area contributed by atoms with E-state index in [1.54, 1.807) is 0 Å². The number of hydrogen-bond acceptors (Lipinski definition) is 1. The number of allylic oxidation sites excluding steroid dienone is 1. The van der Waals surface area contributed by atoms with Gasteiger partial charge in [-0.05, 0) is 12.8 Å². The summed E-state index contributed by atoms with van der Waals surface area (Å²) in [5.74, 6) is 0.287. The molecule has 0 saturated heterocycles. The molecule has 1 N–H and O–H groups in total. The van der Waals surface area contributed by atoms with E-state index in [9.17, 15) is 5.11 Å². The van der Waals surface area contributed by atoms with Crippen molar-refractivity contribution < 1.29 is 5.11 Å². The van der Waals surface area contributed by atoms with Crippen molar-refractivity contribution in [3.8, 4) is 0 Å². The maximum Gasteiger partial charge on any atom is 0.0640 e. The number of aliphatic hydroxyl groups is 1. The average molecular weight is 124 g/mol. The first-order valence-electron chi connectivity index (χ1n) is 3.30. The number of aliphatic hydroxyl groups excluding tert-OH is 1. The van der Waals surface area contributed by atoms with Crippen molar-refractivity contribution in [2.24, 2.45) is 5.92 Å². The zero-order valence-electron chi connectivity index (χ0n) is 5.46. The quantitative estimate of drug-likeness (QED) is 0.525. The van der Waals surface area contributed by atoms with Gasteiger partial charge in [-0.25, -0.2) is 0 Å². The van der Waals surface area contributed by atoms with E-state index in [2.05, 4.69) is 12.7 Å². The standard InChI is InChI=1S/C8H12O/c1-2-7-5-3-4-6-8(7)9/h2-4,7-9H,1,5-6H2. The molecule has 0 saturated carbocycles. The molecule has 1 rings (SSSR count). The first-order valence-corrected chi connectivity index (χ1v) is 3.30. The molecule has 9 heavy (non-hydrogen) atoms. The minimum atomic E-state index is -0.188. The Bertz CT molecular complexity index is 127. The highest BCUT2D eigenvalue weighted by Gasteiger charge is 2.15. The molecule has 1 aliphatic carbocycles. The lowest BCUT2D eigenvalue weighted by Crippen LogP contribution is -2.19. The van der Waals surface area contributed by atoms with Crippen LogP contribution in [0.1, 0.15) is 12.8 Å². The van der Waals surface area contributed by atoms with E-state index in [-0.39, 0.29) is 12.0 Å². The van der Waals surface area contributed by atoms with Crippen molar-refractivity contribution in [1.82, 2.24) is 0 Å². The Morgan fingerprint density at radius 3 is 2.56 bits per heavy atom. The molecule has 1 nitrogen and oxygen atoms in total. The zero-order valence-corrected chi connectivity index (χ0v) is 5.46. The Hall–Kier alpha value is -0.560. The summed E-state index contributed by atoms with van der Waals surface area (Å²) in [6, 6.07) is 0. The van der Waals surface area contributed by atoms with Crippen LogP contribution in [0.25, 0.3) is 0 Å². The van der Waals surface area contributed by atoms with Gasteiger partial charge in [0.15, 0.2) is 0 Å². The van der Waals surface area contributed by atoms with Crippen LogP contribution in [0.5, 0.6) is 0 Å². The first-order chi connectivity index (χ1) is 4.34. The second kappa shape index (κ2) is 2.83. The molecule has 0 heterocycles. The van der Waals surface area contributed by atoms with Crippen molar-refractivity contribution in [1.29, 1.82) is 0 Å². The molecule has 0 aromatic rings. The monoisotopic (exact) mass is 124 g/mol. The Balaban J connectivity index is 2.52. The van der Waals surface area contributed by atoms with Gasteiger partial charge in [-0.3, -0.25) is 0 Å². The van der Waals surface area contributed by atoms with Gasteiger partial charge in [-0.1, -0.05) is 18.2 Å². The molecule has 0 spiro atoms. The lowest BCUT2D eigenvalue weighted by molar-refractivity contribution is 0.129. The van der Waals surface area contributed by atoms with Gasteiger partial charge < -0.3 is 5.11 Å². The summed E-state index contributed by atoms with van der Waals surface area (Å²) in [6.07, 6.45) is 7.49. The first kappa shape index (κ1) is 6.56. The van der Waals surface area contributed by atoms with E-state index in [1.807, 2.05) is 12.2 Å². The number of rotatable bonds is 1. The summed E-state index contributed by atoms with van der Waals surface area (Å²) in [6.45, 7) is 3.64. The molecule has 2 unspecified atom stereocenters. The van der Waals surface area contributed by atoms with Gasteiger partial charge in [-0.2, -0.15) is 0 Å². The van der Waals surface area contributed by atoms with Crippen molar-refractivity contribution in [3.05, 3.63) is 24.8 Å². The second-order valence-electron chi connectivity index (χ2n) is 2.41. The molecule has 2 atom stereocenters. The van der Waals surface area contributed by atoms with Crippen LogP contribution in [0.3, 0.4) is 0 Å². The fraction of sp³-hybridized carbons (Fsp3) is 0.500. The molecule has 0 radical (unpaired) electrons. The fourth-order valence-electron chi connectivity index (χ4n) is 1.07. The summed E-state index contributed by atoms with van der Waals surface area (Å²) in [5, 5.41) is 9.25. The van der Waals surface area contributed by atoms with E-state index in [0.717, 1.165) is 12.8 Å². The topological polar surface area (TPSA) is 20.2 Å². The molecule has 0 amide bonds. The Kier molecular flexibility index (Phi) is 2.06. The van der Waals surface area contributed by atoms with Crippen molar-refractivity contribution in [3.63, 3.8) is 0 Å². The normalized spacial score (nSPS) is 34.3. The van der Waals surface area contributed by atoms with E-state index in [0.29, 0.717) is 0 Å². The molecule has 0 aromatic heterocycles. The highest BCUT2D eigenvalue weighted by Crippen LogP contribution is 2.18. The van der Waals surface area contributed by atoms with Crippen molar-refractivity contribution in [2.45, 2.75) is 18.9 Å². The third-order valence-electron chi connectivity index (χ3n) is 1.75. The van der Waals surface area contributed by atoms with Crippen LogP contribution in [0, 0.1) is 5.92 Å². The zero-order chi connectivity index (χ0) is 6.69. The van der Waals surface area contributed by atoms with Crippen LogP contribution in [0.4, 0.5) is 0 Å². The third kappa shape index (κ3) is 1.42. The molecule has 0 bridgehead atoms. The van der Waals surface area contributed by atoms with E-state index in [1.165, 1.54) is 0 Å². The van der Waals surface area contributed by atoms with Crippen LogP contribution in [-0.4, -0.2) is 11.2 Å². The number of hydrogen-bond donors (Lipinski definition) is 1. The minimum Gasteiger partial charge on any atom is -0.392 e. The van der Waals surface area contributed by atoms with E-state index in [4.69, 9.17) is 0 Å². The lowest BCUT2D eigenvalue weighted by atomic mass is 9.92. The fourth-order valence-corrected chi connectivity index (χ4v) is 1.07. The van der Waals surface area contributed by atoms with Gasteiger partial charge in [0.25, 0.3) is 0 Å². The van der Waals surface area contributed by atoms with Crippen LogP contribution in [0.15, 0.2) is 24.8 Å². The predicted molar refractivity (Wildman–Crippen MR) is 38.1 cm³/mol. The lowest BCUT2D eigenvalue weighted by Gasteiger charge is -2.19. The summed E-state index contributed by atoms with van der Waals surface area (Å²) in [5.41, 5.74) is 0. The molecule has 1 aliphatic rings. The van der Waals surface area contributed by atoms with Gasteiger partial charge in [0.05, 0.1) is 6.10 Å². The maximum atomic E-state index is 9.25. The van der Waals surface area contributed by atoms with Gasteiger partial charge in [0, 0.05) is 5.92 Å². The van der Waals surface area contributed by atoms with Gasteiger partial charge in [-0.15, -0.1) is 6.58 Å². The molecule has 1 heteroatoms. The van der Waals surface area contributed by atoms with Crippen molar-refractivity contribution in [2.75, 3.05) is 0 Å². The van der Waals surface area contributed by atoms with Gasteiger partial charge in [0.2, 0.25) is 0 Å². The highest BCUT2D eigenvalue weighted by molar-refractivity contribution is 5.00. The van der Waals surface area contributed by atoms with E-state index >= 15 is 0 Å². The molecule has 0 aromatic carbocycles. The smallest absolute Gasteiger partial charge is 0.0640 e. The van der Waals surface area contributed by atoms with Crippen molar-refractivity contribution >= 4 is 0 Å². The Labute approximate surface area is 55.7 Å². The summed E-state index contributed by atoms with van der Waals surface area (Å²) in [4.78, 5) is 0. The molecular weight excluding hydrogens is 112 g/mol. The summed E-state index contributed by atoms with van der Waals surface area (Å²) in [7, 11) is 0. The molecular formula is C8H12O.